The second kappa shape index (κ2) is 26.2. The van der Waals surface area contributed by atoms with Gasteiger partial charge in [-0.25, -0.2) is 9.59 Å². The zero-order valence-electron chi connectivity index (χ0n) is 44.1. The number of benzene rings is 1. The highest BCUT2D eigenvalue weighted by molar-refractivity contribution is 6.12. The molecule has 3 fully saturated rings. The van der Waals surface area contributed by atoms with Crippen molar-refractivity contribution in [2.45, 2.75) is 134 Å². The predicted octanol–water partition coefficient (Wildman–Crippen LogP) is 1.05. The second-order valence-electron chi connectivity index (χ2n) is 20.8. The number of carbonyl (C=O) groups excluding carboxylic acids is 9. The lowest BCUT2D eigenvalue weighted by atomic mass is 9.51. The van der Waals surface area contributed by atoms with Crippen LogP contribution < -0.4 is 26.6 Å². The molecule has 418 valence electrons. The zero-order chi connectivity index (χ0) is 55.3. The minimum absolute atomic E-state index is 0.0595. The SMILES string of the molecule is CC1=CC2OC3CC4OC(=O)/C=C\C=C\C(C(C)OCNC(=O)CNC(=O)C(Cc5ccccc5)NC(=O)CNC(=O)CNC(=O)CCCCCN5C(=O)C=CC5=O)OCCC(C)C(O)C(=O)OCC2(CC1)C4(C)C31CO1. The molecule has 2 bridgehead atoms. The Kier molecular flexibility index (Phi) is 19.7. The van der Waals surface area contributed by atoms with Gasteiger partial charge in [0.05, 0.1) is 50.0 Å². The molecule has 77 heavy (non-hydrogen) atoms. The lowest BCUT2D eigenvalue weighted by molar-refractivity contribution is -0.234. The van der Waals surface area contributed by atoms with Gasteiger partial charge in [0.2, 0.25) is 29.5 Å². The number of esters is 2. The van der Waals surface area contributed by atoms with Crippen LogP contribution in [0, 0.1) is 16.7 Å². The van der Waals surface area contributed by atoms with Gasteiger partial charge in [0.25, 0.3) is 11.8 Å². The minimum Gasteiger partial charge on any atom is -0.463 e. The Labute approximate surface area is 447 Å². The second-order valence-corrected chi connectivity index (χ2v) is 20.8. The monoisotopic (exact) mass is 1070 g/mol. The van der Waals surface area contributed by atoms with E-state index in [9.17, 15) is 48.3 Å². The average molecular weight is 1070 g/mol. The van der Waals surface area contributed by atoms with Gasteiger partial charge >= 0.3 is 11.9 Å². The highest BCUT2D eigenvalue weighted by Gasteiger charge is 2.83. The number of allylic oxidation sites excluding steroid dienone is 3. The van der Waals surface area contributed by atoms with E-state index in [1.54, 1.807) is 56.3 Å². The Balaban J connectivity index is 0.868. The minimum atomic E-state index is -1.46. The molecule has 0 aromatic heterocycles. The molecular formula is C55H72N6O16. The summed E-state index contributed by atoms with van der Waals surface area (Å²) < 4.78 is 37.1. The van der Waals surface area contributed by atoms with Gasteiger partial charge in [0, 0.05) is 56.1 Å². The first kappa shape index (κ1) is 58.1. The molecule has 22 nitrogen and oxygen atoms in total. The van der Waals surface area contributed by atoms with E-state index in [0.717, 1.165) is 16.9 Å². The first-order valence-corrected chi connectivity index (χ1v) is 26.4. The van der Waals surface area contributed by atoms with Gasteiger partial charge in [-0.3, -0.25) is 38.5 Å². The molecule has 0 radical (unpaired) electrons. The fourth-order valence-electron chi connectivity index (χ4n) is 10.9. The predicted molar refractivity (Wildman–Crippen MR) is 273 cm³/mol. The first-order valence-electron chi connectivity index (χ1n) is 26.4. The smallest absolute Gasteiger partial charge is 0.335 e. The number of hydrogen-bond donors (Lipinski definition) is 6. The van der Waals surface area contributed by atoms with Gasteiger partial charge in [-0.15, -0.1) is 0 Å². The lowest BCUT2D eigenvalue weighted by Gasteiger charge is -2.58. The number of aliphatic hydroxyl groups excluding tert-OH is 1. The standard InChI is InChI=1S/C55H72N6O16/c1-34-20-22-54-31-73-52(71)50(69)35(2)21-24-72-39(15-10-11-17-49(68)77-40-27-42(76-41(54)25-34)55(32-75-55)53(40,54)4)36(3)74-33-59-45(64)29-58-51(70)38(26-37-13-7-5-8-14-37)60-46(65)30-57-44(63)28-56-43(62)16-9-6-12-23-61-47(66)18-19-48(61)67/h5,7-8,10-11,13-15,17-19,25,35-36,38-42,50,69H,6,9,12,16,20-24,26-33H2,1-4H3,(H,56,62)(H,57,63)(H,58,70)(H,59,64)(H,60,65)/b15-10+,17-11-. The van der Waals surface area contributed by atoms with Crippen molar-refractivity contribution in [1.29, 1.82) is 0 Å². The van der Waals surface area contributed by atoms with Gasteiger partial charge in [0.15, 0.2) is 6.10 Å². The number of hydrogen-bond acceptors (Lipinski definition) is 16. The molecule has 11 unspecified atom stereocenters. The number of imide groups is 1. The molecule has 6 aliphatic rings. The third kappa shape index (κ3) is 14.1. The molecule has 1 aromatic carbocycles. The molecule has 7 amide bonds. The van der Waals surface area contributed by atoms with E-state index >= 15 is 0 Å². The van der Waals surface area contributed by atoms with Crippen LogP contribution in [-0.2, 0) is 78.0 Å². The average Bonchev–Trinajstić information content (AvgIpc) is 4.17. The van der Waals surface area contributed by atoms with E-state index in [0.29, 0.717) is 44.3 Å². The van der Waals surface area contributed by atoms with Gasteiger partial charge < -0.3 is 60.1 Å². The van der Waals surface area contributed by atoms with Crippen molar-refractivity contribution in [3.05, 3.63) is 84.0 Å². The topological polar surface area (TPSA) is 296 Å². The van der Waals surface area contributed by atoms with Crippen LogP contribution in [0.2, 0.25) is 0 Å². The lowest BCUT2D eigenvalue weighted by Crippen LogP contribution is -2.66. The van der Waals surface area contributed by atoms with E-state index in [1.807, 2.05) is 13.8 Å². The molecule has 22 heteroatoms. The third-order valence-corrected chi connectivity index (χ3v) is 15.8. The van der Waals surface area contributed by atoms with Crippen molar-refractivity contribution >= 4 is 53.3 Å². The summed E-state index contributed by atoms with van der Waals surface area (Å²) in [5, 5.41) is 23.8. The van der Waals surface area contributed by atoms with Gasteiger partial charge in [-0.2, -0.15) is 0 Å². The molecular weight excluding hydrogens is 1000 g/mol. The zero-order valence-corrected chi connectivity index (χ0v) is 44.1. The van der Waals surface area contributed by atoms with Gasteiger partial charge in [-0.05, 0) is 57.4 Å². The normalized spacial score (nSPS) is 30.5. The highest BCUT2D eigenvalue weighted by atomic mass is 16.6. The fraction of sp³-hybridized carbons (Fsp3) is 0.582. The van der Waals surface area contributed by atoms with E-state index < -0.39 is 120 Å². The highest BCUT2D eigenvalue weighted by Crippen LogP contribution is 2.72. The van der Waals surface area contributed by atoms with Crippen LogP contribution in [-0.4, -0.2) is 164 Å². The molecule has 2 saturated heterocycles. The maximum Gasteiger partial charge on any atom is 0.335 e. The number of nitrogens with one attached hydrogen (secondary N) is 5. The van der Waals surface area contributed by atoms with Crippen molar-refractivity contribution in [3.63, 3.8) is 0 Å². The first-order chi connectivity index (χ1) is 36.8. The van der Waals surface area contributed by atoms with E-state index in [4.69, 9.17) is 28.4 Å². The van der Waals surface area contributed by atoms with Gasteiger partial charge in [-0.1, -0.05) is 80.5 Å². The number of cyclic esters (lactones) is 1. The van der Waals surface area contributed by atoms with E-state index in [2.05, 4.69) is 32.7 Å². The number of epoxide rings is 1. The number of unbranched alkanes of at least 4 members (excludes halogenated alkanes) is 2. The number of carbonyl (C=O) groups is 9. The molecule has 6 N–H and O–H groups in total. The molecule has 2 spiro atoms. The maximum atomic E-state index is 13.5. The van der Waals surface area contributed by atoms with Crippen LogP contribution in [0.4, 0.5) is 0 Å². The molecule has 11 atom stereocenters. The summed E-state index contributed by atoms with van der Waals surface area (Å²) in [6, 6.07) is 7.70. The molecule has 1 aromatic rings. The van der Waals surface area contributed by atoms with Crippen LogP contribution in [0.3, 0.4) is 0 Å². The Morgan fingerprint density at radius 2 is 1.56 bits per heavy atom. The number of ether oxygens (including phenoxy) is 6. The van der Waals surface area contributed by atoms with Crippen LogP contribution >= 0.6 is 0 Å². The van der Waals surface area contributed by atoms with Crippen molar-refractivity contribution in [1.82, 2.24) is 31.5 Å². The van der Waals surface area contributed by atoms with Crippen LogP contribution in [0.1, 0.15) is 84.6 Å². The maximum absolute atomic E-state index is 13.5. The summed E-state index contributed by atoms with van der Waals surface area (Å²) in [6.07, 6.45) is 10.1. The van der Waals surface area contributed by atoms with Crippen molar-refractivity contribution in [2.75, 3.05) is 52.7 Å². The van der Waals surface area contributed by atoms with Crippen LogP contribution in [0.15, 0.2) is 78.4 Å². The molecule has 7 rings (SSSR count). The fourth-order valence-corrected chi connectivity index (χ4v) is 10.9. The van der Waals surface area contributed by atoms with Crippen LogP contribution in [0.25, 0.3) is 0 Å². The Bertz CT molecular complexity index is 2480. The summed E-state index contributed by atoms with van der Waals surface area (Å²) >= 11 is 0. The number of rotatable bonds is 20. The van der Waals surface area contributed by atoms with E-state index in [1.165, 1.54) is 24.3 Å². The van der Waals surface area contributed by atoms with Gasteiger partial charge in [0.1, 0.15) is 37.2 Å². The molecule has 4 heterocycles. The molecule has 4 aliphatic heterocycles. The summed E-state index contributed by atoms with van der Waals surface area (Å²) in [5.74, 6) is -5.67. The van der Waals surface area contributed by atoms with Crippen molar-refractivity contribution in [2.24, 2.45) is 16.7 Å². The van der Waals surface area contributed by atoms with Crippen molar-refractivity contribution in [3.8, 4) is 0 Å². The molecule has 1 saturated carbocycles. The Morgan fingerprint density at radius 1 is 0.857 bits per heavy atom. The summed E-state index contributed by atoms with van der Waals surface area (Å²) in [6.45, 7) is 6.54. The Morgan fingerprint density at radius 3 is 2.30 bits per heavy atom. The summed E-state index contributed by atoms with van der Waals surface area (Å²) in [4.78, 5) is 116. The number of nitrogens with zero attached hydrogens (tertiary/aromatic N) is 1. The summed E-state index contributed by atoms with van der Waals surface area (Å²) in [5.41, 5.74) is -0.418. The van der Waals surface area contributed by atoms with Crippen molar-refractivity contribution < 1.29 is 76.7 Å². The van der Waals surface area contributed by atoms with E-state index in [-0.39, 0.29) is 63.7 Å². The summed E-state index contributed by atoms with van der Waals surface area (Å²) in [7, 11) is 0. The number of aliphatic hydroxyl groups is 1. The Hall–Kier alpha value is -6.59. The molecule has 2 aliphatic carbocycles. The number of amides is 7. The quantitative estimate of drug-likeness (QED) is 0.0266. The van der Waals surface area contributed by atoms with Crippen LogP contribution in [0.5, 0.6) is 0 Å². The largest absolute Gasteiger partial charge is 0.463 e. The third-order valence-electron chi connectivity index (χ3n) is 15.8.